The summed E-state index contributed by atoms with van der Waals surface area (Å²) in [4.78, 5) is 29.4. The summed E-state index contributed by atoms with van der Waals surface area (Å²) >= 11 is 1.59. The van der Waals surface area contributed by atoms with Gasteiger partial charge in [0.2, 0.25) is 5.91 Å². The lowest BCUT2D eigenvalue weighted by Gasteiger charge is -2.49. The Kier molecular flexibility index (Phi) is 6.66. The van der Waals surface area contributed by atoms with Crippen LogP contribution in [0, 0.1) is 0 Å². The normalized spacial score (nSPS) is 17.5. The van der Waals surface area contributed by atoms with E-state index in [4.69, 9.17) is 0 Å². The third-order valence-corrected chi connectivity index (χ3v) is 7.08. The molecule has 0 radical (unpaired) electrons. The monoisotopic (exact) mass is 444 g/mol. The molecule has 1 aliphatic rings. The molecule has 1 fully saturated rings. The molecule has 0 bridgehead atoms. The van der Waals surface area contributed by atoms with Crippen LogP contribution in [-0.4, -0.2) is 35.1 Å². The van der Waals surface area contributed by atoms with Gasteiger partial charge in [0.1, 0.15) is 5.54 Å². The number of carbonyl (C=O) groups is 2. The zero-order chi connectivity index (χ0) is 22.6. The molecule has 0 aromatic heterocycles. The maximum absolute atomic E-state index is 13.5. The summed E-state index contributed by atoms with van der Waals surface area (Å²) in [7, 11) is 0. The van der Waals surface area contributed by atoms with Crippen LogP contribution in [0.3, 0.4) is 0 Å². The Bertz CT molecular complexity index is 1120. The van der Waals surface area contributed by atoms with E-state index in [-0.39, 0.29) is 11.8 Å². The van der Waals surface area contributed by atoms with Crippen molar-refractivity contribution < 1.29 is 9.59 Å². The average molecular weight is 445 g/mol. The van der Waals surface area contributed by atoms with Gasteiger partial charge in [-0.05, 0) is 61.8 Å². The van der Waals surface area contributed by atoms with Crippen LogP contribution >= 0.6 is 11.8 Å². The van der Waals surface area contributed by atoms with Gasteiger partial charge < -0.3 is 10.2 Å². The summed E-state index contributed by atoms with van der Waals surface area (Å²) in [6, 6.07) is 25.8. The second-order valence-electron chi connectivity index (χ2n) is 8.28. The smallest absolute Gasteiger partial charge is 0.255 e. The highest BCUT2D eigenvalue weighted by Crippen LogP contribution is 2.35. The minimum atomic E-state index is -0.852. The summed E-state index contributed by atoms with van der Waals surface area (Å²) in [6.07, 6.45) is 4.29. The molecule has 5 heteroatoms. The fraction of sp³-hybridized carbons (Fsp3) is 0.259. The third kappa shape index (κ3) is 4.44. The predicted octanol–water partition coefficient (Wildman–Crippen LogP) is 5.44. The summed E-state index contributed by atoms with van der Waals surface area (Å²) in [6.45, 7) is 2.44. The van der Waals surface area contributed by atoms with Crippen LogP contribution < -0.4 is 5.32 Å². The molecule has 1 unspecified atom stereocenters. The lowest BCUT2D eigenvalue weighted by atomic mass is 9.84. The number of hydrogen-bond donors (Lipinski definition) is 1. The standard InChI is InChI=1S/C27H28N2O2S/c1-27(26(31)28-23-14-8-9-15-24(23)32-2)18-19-29(27)25(30)22-13-7-6-12-21(22)17-16-20-10-4-3-5-11-20/h3-15H,16-19H2,1-2H3,(H,28,31). The van der Waals surface area contributed by atoms with Crippen molar-refractivity contribution >= 4 is 29.3 Å². The van der Waals surface area contributed by atoms with E-state index in [2.05, 4.69) is 17.4 Å². The molecular weight excluding hydrogens is 416 g/mol. The van der Waals surface area contributed by atoms with Gasteiger partial charge in [-0.3, -0.25) is 9.59 Å². The van der Waals surface area contributed by atoms with Crippen molar-refractivity contribution in [3.8, 4) is 0 Å². The molecule has 1 heterocycles. The average Bonchev–Trinajstić information content (AvgIpc) is 2.82. The van der Waals surface area contributed by atoms with Crippen LogP contribution in [0.1, 0.15) is 34.8 Å². The molecule has 3 aromatic carbocycles. The number of benzene rings is 3. The molecule has 2 amide bonds. The Hall–Kier alpha value is -3.05. The van der Waals surface area contributed by atoms with Crippen LogP contribution in [0.15, 0.2) is 83.8 Å². The Morgan fingerprint density at radius 2 is 1.62 bits per heavy atom. The first-order chi connectivity index (χ1) is 15.5. The highest BCUT2D eigenvalue weighted by molar-refractivity contribution is 7.98. The predicted molar refractivity (Wildman–Crippen MR) is 131 cm³/mol. The zero-order valence-electron chi connectivity index (χ0n) is 18.5. The summed E-state index contributed by atoms with van der Waals surface area (Å²) in [5.41, 5.74) is 2.88. The molecular formula is C27H28N2O2S. The molecule has 1 atom stereocenters. The van der Waals surface area contributed by atoms with Crippen LogP contribution in [0.25, 0.3) is 0 Å². The van der Waals surface area contributed by atoms with E-state index in [0.717, 1.165) is 29.0 Å². The number of para-hydroxylation sites is 1. The lowest BCUT2D eigenvalue weighted by molar-refractivity contribution is -0.132. The molecule has 0 spiro atoms. The van der Waals surface area contributed by atoms with E-state index in [1.807, 2.05) is 79.9 Å². The van der Waals surface area contributed by atoms with Crippen LogP contribution in [-0.2, 0) is 17.6 Å². The number of anilines is 1. The molecule has 3 aromatic rings. The maximum atomic E-state index is 13.5. The molecule has 0 aliphatic carbocycles. The number of thioether (sulfide) groups is 1. The summed E-state index contributed by atoms with van der Waals surface area (Å²) < 4.78 is 0. The second-order valence-corrected chi connectivity index (χ2v) is 9.13. The van der Waals surface area contributed by atoms with E-state index < -0.39 is 5.54 Å². The molecule has 4 nitrogen and oxygen atoms in total. The van der Waals surface area contributed by atoms with Gasteiger partial charge in [-0.25, -0.2) is 0 Å². The molecule has 0 saturated carbocycles. The number of hydrogen-bond acceptors (Lipinski definition) is 3. The molecule has 164 valence electrons. The van der Waals surface area contributed by atoms with E-state index in [1.54, 1.807) is 16.7 Å². The molecule has 4 rings (SSSR count). The van der Waals surface area contributed by atoms with Gasteiger partial charge >= 0.3 is 0 Å². The largest absolute Gasteiger partial charge is 0.324 e. The number of aryl methyl sites for hydroxylation is 2. The SMILES string of the molecule is CSc1ccccc1NC(=O)C1(C)CCN1C(=O)c1ccccc1CCc1ccccc1. The number of likely N-dealkylation sites (tertiary alicyclic amines) is 1. The number of nitrogens with one attached hydrogen (secondary N) is 1. The lowest BCUT2D eigenvalue weighted by Crippen LogP contribution is -2.66. The van der Waals surface area contributed by atoms with E-state index in [1.165, 1.54) is 5.56 Å². The van der Waals surface area contributed by atoms with Gasteiger partial charge in [0.15, 0.2) is 0 Å². The Balaban J connectivity index is 1.50. The first-order valence-corrected chi connectivity index (χ1v) is 12.1. The van der Waals surface area contributed by atoms with Gasteiger partial charge in [-0.15, -0.1) is 11.8 Å². The van der Waals surface area contributed by atoms with Crippen LogP contribution in [0.4, 0.5) is 5.69 Å². The van der Waals surface area contributed by atoms with Crippen molar-refractivity contribution in [3.63, 3.8) is 0 Å². The zero-order valence-corrected chi connectivity index (χ0v) is 19.3. The first kappa shape index (κ1) is 22.2. The highest BCUT2D eigenvalue weighted by Gasteiger charge is 2.49. The van der Waals surface area contributed by atoms with Crippen LogP contribution in [0.5, 0.6) is 0 Å². The molecule has 1 saturated heterocycles. The molecule has 1 N–H and O–H groups in total. The van der Waals surface area contributed by atoms with Gasteiger partial charge in [-0.1, -0.05) is 60.7 Å². The minimum absolute atomic E-state index is 0.0734. The summed E-state index contributed by atoms with van der Waals surface area (Å²) in [5, 5.41) is 3.05. The Labute approximate surface area is 194 Å². The van der Waals surface area contributed by atoms with E-state index >= 15 is 0 Å². The number of amides is 2. The van der Waals surface area contributed by atoms with Crippen molar-refractivity contribution in [2.24, 2.45) is 0 Å². The quantitative estimate of drug-likeness (QED) is 0.494. The van der Waals surface area contributed by atoms with Crippen molar-refractivity contribution in [1.29, 1.82) is 0 Å². The number of carbonyl (C=O) groups excluding carboxylic acids is 2. The van der Waals surface area contributed by atoms with Gasteiger partial charge in [-0.2, -0.15) is 0 Å². The fourth-order valence-electron chi connectivity index (χ4n) is 4.14. The third-order valence-electron chi connectivity index (χ3n) is 6.28. The van der Waals surface area contributed by atoms with Crippen molar-refractivity contribution in [1.82, 2.24) is 4.90 Å². The maximum Gasteiger partial charge on any atom is 0.255 e. The van der Waals surface area contributed by atoms with Crippen molar-refractivity contribution in [2.45, 2.75) is 36.6 Å². The molecule has 32 heavy (non-hydrogen) atoms. The fourth-order valence-corrected chi connectivity index (χ4v) is 4.70. The van der Waals surface area contributed by atoms with E-state index in [0.29, 0.717) is 18.5 Å². The molecule has 1 aliphatic heterocycles. The topological polar surface area (TPSA) is 49.4 Å². The number of nitrogens with zero attached hydrogens (tertiary/aromatic N) is 1. The Morgan fingerprint density at radius 3 is 2.34 bits per heavy atom. The second kappa shape index (κ2) is 9.61. The van der Waals surface area contributed by atoms with Crippen molar-refractivity contribution in [3.05, 3.63) is 95.6 Å². The Morgan fingerprint density at radius 1 is 0.938 bits per heavy atom. The summed E-state index contributed by atoms with van der Waals surface area (Å²) in [5.74, 6) is -0.212. The van der Waals surface area contributed by atoms with Crippen molar-refractivity contribution in [2.75, 3.05) is 18.1 Å². The van der Waals surface area contributed by atoms with Gasteiger partial charge in [0.05, 0.1) is 5.69 Å². The first-order valence-electron chi connectivity index (χ1n) is 10.9. The minimum Gasteiger partial charge on any atom is -0.324 e. The van der Waals surface area contributed by atoms with Crippen LogP contribution in [0.2, 0.25) is 0 Å². The van der Waals surface area contributed by atoms with Gasteiger partial charge in [0.25, 0.3) is 5.91 Å². The van der Waals surface area contributed by atoms with Gasteiger partial charge in [0, 0.05) is 17.0 Å². The highest BCUT2D eigenvalue weighted by atomic mass is 32.2. The van der Waals surface area contributed by atoms with E-state index in [9.17, 15) is 9.59 Å². The number of rotatable bonds is 7.